The molecule has 0 aromatic heterocycles. The molecule has 0 spiro atoms. The third-order valence-electron chi connectivity index (χ3n) is 7.47. The van der Waals surface area contributed by atoms with Crippen molar-refractivity contribution in [2.45, 2.75) is 49.5 Å². The van der Waals surface area contributed by atoms with Crippen molar-refractivity contribution in [2.75, 3.05) is 31.6 Å². The highest BCUT2D eigenvalue weighted by Gasteiger charge is 2.33. The minimum Gasteiger partial charge on any atom is -0.448 e. The molecule has 3 aromatic rings. The van der Waals surface area contributed by atoms with Crippen LogP contribution >= 0.6 is 0 Å². The van der Waals surface area contributed by atoms with Crippen LogP contribution in [-0.2, 0) is 20.7 Å². The summed E-state index contributed by atoms with van der Waals surface area (Å²) in [7, 11) is 0. The average Bonchev–Trinajstić information content (AvgIpc) is 3.03. The number of hydrogen-bond acceptors (Lipinski definition) is 7. The van der Waals surface area contributed by atoms with Gasteiger partial charge < -0.3 is 35.9 Å². The standard InChI is InChI=1S/C32H32F8N4O5/c33-20-8-4-18(5-9-20)27(19-6-10-22(11-7-19)49-32(38,39)40)28(41)29(45)44-26-3-1-2-25(34)24(26)13-12-23-14-42-21(15-47-23)16-48-30(46)43-17-31(35,36)37/h1-11,21,23,27-28,42H,12-17,41H2,(H,43,46)(H,44,45)/t21-,23+,27+,28-/m0/s1. The summed E-state index contributed by atoms with van der Waals surface area (Å²) in [5, 5.41) is 7.28. The zero-order chi connectivity index (χ0) is 35.8. The average molecular weight is 705 g/mol. The van der Waals surface area contributed by atoms with E-state index in [2.05, 4.69) is 15.4 Å². The fourth-order valence-electron chi connectivity index (χ4n) is 5.12. The van der Waals surface area contributed by atoms with E-state index in [-0.39, 0.29) is 43.9 Å². The molecule has 3 aromatic carbocycles. The lowest BCUT2D eigenvalue weighted by molar-refractivity contribution is -0.274. The predicted octanol–water partition coefficient (Wildman–Crippen LogP) is 5.54. The topological polar surface area (TPSA) is 124 Å². The van der Waals surface area contributed by atoms with Crippen LogP contribution in [-0.4, -0.2) is 69.0 Å². The molecule has 0 radical (unpaired) electrons. The maximum absolute atomic E-state index is 15.0. The van der Waals surface area contributed by atoms with Crippen LogP contribution in [0.4, 0.5) is 45.6 Å². The van der Waals surface area contributed by atoms with Crippen LogP contribution in [0.5, 0.6) is 5.75 Å². The number of carbonyl (C=O) groups is 2. The van der Waals surface area contributed by atoms with Gasteiger partial charge in [0.1, 0.15) is 30.5 Å². The highest BCUT2D eigenvalue weighted by atomic mass is 19.4. The number of carbonyl (C=O) groups excluding carboxylic acids is 2. The fourth-order valence-corrected chi connectivity index (χ4v) is 5.12. The second kappa shape index (κ2) is 16.3. The number of nitrogens with one attached hydrogen (secondary N) is 3. The zero-order valence-electron chi connectivity index (χ0n) is 25.5. The van der Waals surface area contributed by atoms with Gasteiger partial charge in [-0.15, -0.1) is 13.2 Å². The number of alkyl carbamates (subject to hydrolysis) is 1. The molecule has 1 saturated heterocycles. The van der Waals surface area contributed by atoms with Gasteiger partial charge in [-0.25, -0.2) is 13.6 Å². The highest BCUT2D eigenvalue weighted by molar-refractivity contribution is 5.96. The molecule has 0 unspecified atom stereocenters. The third-order valence-corrected chi connectivity index (χ3v) is 7.47. The van der Waals surface area contributed by atoms with E-state index in [0.29, 0.717) is 11.1 Å². The van der Waals surface area contributed by atoms with Crippen molar-refractivity contribution in [3.8, 4) is 5.75 Å². The molecule has 0 bridgehead atoms. The Kier molecular flexibility index (Phi) is 12.4. The lowest BCUT2D eigenvalue weighted by Crippen LogP contribution is -2.49. The maximum atomic E-state index is 15.0. The minimum atomic E-state index is -4.92. The molecular weight excluding hydrogens is 672 g/mol. The summed E-state index contributed by atoms with van der Waals surface area (Å²) >= 11 is 0. The van der Waals surface area contributed by atoms with Crippen LogP contribution in [0.2, 0.25) is 0 Å². The van der Waals surface area contributed by atoms with Gasteiger partial charge in [-0.3, -0.25) is 4.79 Å². The van der Waals surface area contributed by atoms with Gasteiger partial charge >= 0.3 is 18.6 Å². The van der Waals surface area contributed by atoms with E-state index in [0.717, 1.165) is 24.3 Å². The third kappa shape index (κ3) is 11.6. The van der Waals surface area contributed by atoms with Crippen molar-refractivity contribution < 1.29 is 58.9 Å². The summed E-state index contributed by atoms with van der Waals surface area (Å²) in [6.07, 6.45) is -10.8. The lowest BCUT2D eigenvalue weighted by atomic mass is 9.85. The minimum absolute atomic E-state index is 0.0566. The van der Waals surface area contributed by atoms with Crippen molar-refractivity contribution in [1.82, 2.24) is 10.6 Å². The monoisotopic (exact) mass is 704 g/mol. The van der Waals surface area contributed by atoms with Gasteiger partial charge in [0.25, 0.3) is 0 Å². The normalized spacial score (nSPS) is 17.9. The van der Waals surface area contributed by atoms with Gasteiger partial charge in [-0.2, -0.15) is 13.2 Å². The summed E-state index contributed by atoms with van der Waals surface area (Å²) in [6.45, 7) is -1.46. The first-order valence-electron chi connectivity index (χ1n) is 14.9. The number of alkyl halides is 6. The van der Waals surface area contributed by atoms with Crippen molar-refractivity contribution in [3.63, 3.8) is 0 Å². The molecule has 9 nitrogen and oxygen atoms in total. The van der Waals surface area contributed by atoms with E-state index in [9.17, 15) is 40.3 Å². The molecule has 1 aliphatic rings. The Morgan fingerprint density at radius 1 is 0.959 bits per heavy atom. The van der Waals surface area contributed by atoms with Crippen molar-refractivity contribution in [2.24, 2.45) is 5.73 Å². The molecule has 0 saturated carbocycles. The van der Waals surface area contributed by atoms with Crippen molar-refractivity contribution >= 4 is 17.7 Å². The summed E-state index contributed by atoms with van der Waals surface area (Å²) in [5.41, 5.74) is 7.38. The summed E-state index contributed by atoms with van der Waals surface area (Å²) in [5.74, 6) is -3.39. The molecule has 266 valence electrons. The number of morpholine rings is 1. The molecule has 2 amide bonds. The first kappa shape index (κ1) is 37.3. The zero-order valence-corrected chi connectivity index (χ0v) is 25.5. The first-order valence-corrected chi connectivity index (χ1v) is 14.9. The van der Waals surface area contributed by atoms with E-state index in [4.69, 9.17) is 15.2 Å². The SMILES string of the molecule is N[C@H](C(=O)Nc1cccc(F)c1CC[C@@H]1CN[C@H](COC(=O)NCC(F)(F)F)CO1)[C@H](c1ccc(F)cc1)c1ccc(OC(F)(F)F)cc1. The molecule has 1 fully saturated rings. The van der Waals surface area contributed by atoms with Gasteiger partial charge in [0, 0.05) is 23.7 Å². The quantitative estimate of drug-likeness (QED) is 0.183. The Balaban J connectivity index is 1.38. The Hall–Kier alpha value is -4.48. The maximum Gasteiger partial charge on any atom is 0.573 e. The molecule has 0 aliphatic carbocycles. The molecule has 1 aliphatic heterocycles. The van der Waals surface area contributed by atoms with E-state index >= 15 is 4.39 Å². The number of halogens is 8. The van der Waals surface area contributed by atoms with Crippen molar-refractivity contribution in [1.29, 1.82) is 0 Å². The second-order valence-electron chi connectivity index (χ2n) is 11.1. The molecule has 17 heteroatoms. The smallest absolute Gasteiger partial charge is 0.448 e. The molecule has 5 N–H and O–H groups in total. The fraction of sp³-hybridized carbons (Fsp3) is 0.375. The molecule has 4 atom stereocenters. The Labute approximate surface area is 275 Å². The number of benzene rings is 3. The first-order chi connectivity index (χ1) is 23.1. The van der Waals surface area contributed by atoms with Crippen LogP contribution in [0.15, 0.2) is 66.7 Å². The largest absolute Gasteiger partial charge is 0.573 e. The van der Waals surface area contributed by atoms with E-state index in [1.54, 1.807) is 5.32 Å². The van der Waals surface area contributed by atoms with Gasteiger partial charge in [0.15, 0.2) is 0 Å². The summed E-state index contributed by atoms with van der Waals surface area (Å²) in [6, 6.07) is 12.0. The Morgan fingerprint density at radius 3 is 2.20 bits per heavy atom. The predicted molar refractivity (Wildman–Crippen MR) is 160 cm³/mol. The molecular formula is C32H32F8N4O5. The molecule has 4 rings (SSSR count). The second-order valence-corrected chi connectivity index (χ2v) is 11.1. The number of amides is 2. The summed E-state index contributed by atoms with van der Waals surface area (Å²) in [4.78, 5) is 24.9. The number of hydrogen-bond donors (Lipinski definition) is 4. The van der Waals surface area contributed by atoms with E-state index < -0.39 is 72.6 Å². The number of ether oxygens (including phenoxy) is 3. The van der Waals surface area contributed by atoms with Crippen LogP contribution in [0.3, 0.4) is 0 Å². The van der Waals surface area contributed by atoms with E-state index in [1.165, 1.54) is 42.5 Å². The van der Waals surface area contributed by atoms with Crippen molar-refractivity contribution in [3.05, 3.63) is 95.1 Å². The molecule has 49 heavy (non-hydrogen) atoms. The van der Waals surface area contributed by atoms with Gasteiger partial charge in [0.05, 0.1) is 24.8 Å². The van der Waals surface area contributed by atoms with Crippen LogP contribution in [0, 0.1) is 11.6 Å². The van der Waals surface area contributed by atoms with Crippen LogP contribution < -0.4 is 26.4 Å². The lowest BCUT2D eigenvalue weighted by Gasteiger charge is -2.30. The number of rotatable bonds is 12. The van der Waals surface area contributed by atoms with Crippen LogP contribution in [0.25, 0.3) is 0 Å². The van der Waals surface area contributed by atoms with E-state index in [1.807, 2.05) is 0 Å². The Bertz CT molecular complexity index is 1550. The van der Waals surface area contributed by atoms with Gasteiger partial charge in [-0.05, 0) is 60.4 Å². The Morgan fingerprint density at radius 2 is 1.61 bits per heavy atom. The summed E-state index contributed by atoms with van der Waals surface area (Å²) < 4.78 is 118. The van der Waals surface area contributed by atoms with Gasteiger partial charge in [0.2, 0.25) is 5.91 Å². The number of nitrogens with two attached hydrogens (primary N) is 1. The number of anilines is 1. The molecule has 1 heterocycles. The van der Waals surface area contributed by atoms with Gasteiger partial charge in [-0.1, -0.05) is 30.3 Å². The van der Waals surface area contributed by atoms with Crippen LogP contribution in [0.1, 0.15) is 29.0 Å². The highest BCUT2D eigenvalue weighted by Crippen LogP contribution is 2.32.